The van der Waals surface area contributed by atoms with Crippen molar-refractivity contribution in [3.63, 3.8) is 0 Å². The standard InChI is InChI=1S/C15H23BO2/c1-4-8-14-15(9-5-2)18-16(17-14)13-11-7-6-10-12(13)3/h6-7,10-11,14-15H,4-5,8-9H2,1-3H3/t14-,15-/m0/s1. The highest BCUT2D eigenvalue weighted by Crippen LogP contribution is 2.24. The quantitative estimate of drug-likeness (QED) is 0.743. The Hall–Kier alpha value is -0.795. The summed E-state index contributed by atoms with van der Waals surface area (Å²) in [5.41, 5.74) is 2.42. The van der Waals surface area contributed by atoms with Gasteiger partial charge >= 0.3 is 7.12 Å². The van der Waals surface area contributed by atoms with Crippen molar-refractivity contribution in [3.8, 4) is 0 Å². The fraction of sp³-hybridized carbons (Fsp3) is 0.600. The molecule has 0 radical (unpaired) electrons. The van der Waals surface area contributed by atoms with Gasteiger partial charge < -0.3 is 9.31 Å². The Kier molecular flexibility index (Phi) is 4.84. The first-order valence-electron chi connectivity index (χ1n) is 7.12. The van der Waals surface area contributed by atoms with Crippen LogP contribution in [0.2, 0.25) is 0 Å². The van der Waals surface area contributed by atoms with E-state index in [2.05, 4.69) is 45.0 Å². The number of benzene rings is 1. The summed E-state index contributed by atoms with van der Waals surface area (Å²) in [6.45, 7) is 6.52. The van der Waals surface area contributed by atoms with Crippen molar-refractivity contribution in [1.82, 2.24) is 0 Å². The first-order chi connectivity index (χ1) is 8.76. The van der Waals surface area contributed by atoms with Gasteiger partial charge in [0.25, 0.3) is 0 Å². The third-order valence-electron chi connectivity index (χ3n) is 3.60. The molecule has 0 saturated carbocycles. The molecule has 1 aliphatic rings. The van der Waals surface area contributed by atoms with E-state index in [-0.39, 0.29) is 19.3 Å². The summed E-state index contributed by atoms with van der Waals surface area (Å²) in [6.07, 6.45) is 5.00. The van der Waals surface area contributed by atoms with E-state index in [0.717, 1.165) is 25.7 Å². The zero-order valence-corrected chi connectivity index (χ0v) is 11.7. The second-order valence-corrected chi connectivity index (χ2v) is 5.11. The summed E-state index contributed by atoms with van der Waals surface area (Å²) in [5.74, 6) is 0. The van der Waals surface area contributed by atoms with E-state index in [1.54, 1.807) is 0 Å². The molecule has 2 nitrogen and oxygen atoms in total. The van der Waals surface area contributed by atoms with E-state index in [1.807, 2.05) is 0 Å². The van der Waals surface area contributed by atoms with Crippen LogP contribution in [0.4, 0.5) is 0 Å². The van der Waals surface area contributed by atoms with Gasteiger partial charge in [-0.2, -0.15) is 0 Å². The second kappa shape index (κ2) is 6.39. The zero-order chi connectivity index (χ0) is 13.0. The summed E-state index contributed by atoms with van der Waals surface area (Å²) >= 11 is 0. The van der Waals surface area contributed by atoms with Crippen LogP contribution in [0, 0.1) is 6.92 Å². The Morgan fingerprint density at radius 2 is 1.56 bits per heavy atom. The van der Waals surface area contributed by atoms with Crippen molar-refractivity contribution >= 4 is 12.6 Å². The van der Waals surface area contributed by atoms with Gasteiger partial charge in [0.1, 0.15) is 0 Å². The van der Waals surface area contributed by atoms with Gasteiger partial charge in [-0.25, -0.2) is 0 Å². The number of aryl methyl sites for hydroxylation is 1. The van der Waals surface area contributed by atoms with Crippen molar-refractivity contribution in [2.24, 2.45) is 0 Å². The van der Waals surface area contributed by atoms with Gasteiger partial charge in [-0.05, 0) is 25.2 Å². The van der Waals surface area contributed by atoms with Crippen LogP contribution in [-0.2, 0) is 9.31 Å². The number of hydrogen-bond acceptors (Lipinski definition) is 2. The van der Waals surface area contributed by atoms with Crippen molar-refractivity contribution in [3.05, 3.63) is 29.8 Å². The maximum absolute atomic E-state index is 6.11. The molecule has 98 valence electrons. The van der Waals surface area contributed by atoms with E-state index < -0.39 is 0 Å². The molecule has 2 atom stereocenters. The fourth-order valence-electron chi connectivity index (χ4n) is 2.60. The predicted molar refractivity (Wildman–Crippen MR) is 76.1 cm³/mol. The van der Waals surface area contributed by atoms with E-state index in [1.165, 1.54) is 11.0 Å². The van der Waals surface area contributed by atoms with Crippen LogP contribution in [0.15, 0.2) is 24.3 Å². The van der Waals surface area contributed by atoms with E-state index >= 15 is 0 Å². The third-order valence-corrected chi connectivity index (χ3v) is 3.60. The fourth-order valence-corrected chi connectivity index (χ4v) is 2.60. The minimum atomic E-state index is -0.167. The average Bonchev–Trinajstić information content (AvgIpc) is 2.74. The maximum atomic E-state index is 6.11. The van der Waals surface area contributed by atoms with Crippen molar-refractivity contribution in [1.29, 1.82) is 0 Å². The molecule has 18 heavy (non-hydrogen) atoms. The highest BCUT2D eigenvalue weighted by atomic mass is 16.7. The highest BCUT2D eigenvalue weighted by Gasteiger charge is 2.40. The highest BCUT2D eigenvalue weighted by molar-refractivity contribution is 6.62. The molecule has 1 aromatic carbocycles. The lowest BCUT2D eigenvalue weighted by Gasteiger charge is -2.16. The lowest BCUT2D eigenvalue weighted by Crippen LogP contribution is -2.34. The lowest BCUT2D eigenvalue weighted by atomic mass is 9.76. The third kappa shape index (κ3) is 2.96. The molecule has 0 spiro atoms. The second-order valence-electron chi connectivity index (χ2n) is 5.11. The van der Waals surface area contributed by atoms with Crippen molar-refractivity contribution in [2.75, 3.05) is 0 Å². The summed E-state index contributed by atoms with van der Waals surface area (Å²) < 4.78 is 12.2. The molecule has 1 aliphatic heterocycles. The normalized spacial score (nSPS) is 23.6. The first kappa shape index (κ1) is 13.6. The van der Waals surface area contributed by atoms with Gasteiger partial charge in [-0.3, -0.25) is 0 Å². The lowest BCUT2D eigenvalue weighted by molar-refractivity contribution is 0.137. The summed E-state index contributed by atoms with van der Waals surface area (Å²) in [5, 5.41) is 0. The molecule has 0 aliphatic carbocycles. The Balaban J connectivity index is 2.10. The Morgan fingerprint density at radius 1 is 1.00 bits per heavy atom. The SMILES string of the molecule is CCC[C@@H]1OB(c2ccccc2C)O[C@H]1CCC. The maximum Gasteiger partial charge on any atom is 0.494 e. The summed E-state index contributed by atoms with van der Waals surface area (Å²) in [6, 6.07) is 8.33. The van der Waals surface area contributed by atoms with Gasteiger partial charge in [0.2, 0.25) is 0 Å². The molecule has 0 bridgehead atoms. The molecular weight excluding hydrogens is 223 g/mol. The molecule has 1 aromatic rings. The van der Waals surface area contributed by atoms with Crippen LogP contribution in [0.5, 0.6) is 0 Å². The summed E-state index contributed by atoms with van der Waals surface area (Å²) in [7, 11) is -0.167. The van der Waals surface area contributed by atoms with Gasteiger partial charge in [0.15, 0.2) is 0 Å². The molecule has 1 fully saturated rings. The molecule has 1 saturated heterocycles. The smallest absolute Gasteiger partial charge is 0.402 e. The van der Waals surface area contributed by atoms with Crippen molar-refractivity contribution < 1.29 is 9.31 Å². The van der Waals surface area contributed by atoms with E-state index in [4.69, 9.17) is 9.31 Å². The first-order valence-corrected chi connectivity index (χ1v) is 7.12. The molecule has 1 heterocycles. The molecule has 0 N–H and O–H groups in total. The molecule has 3 heteroatoms. The Labute approximate surface area is 111 Å². The van der Waals surface area contributed by atoms with Gasteiger partial charge in [-0.15, -0.1) is 0 Å². The van der Waals surface area contributed by atoms with Crippen LogP contribution in [0.3, 0.4) is 0 Å². The molecular formula is C15H23BO2. The van der Waals surface area contributed by atoms with Gasteiger partial charge in [0.05, 0.1) is 12.2 Å². The zero-order valence-electron chi connectivity index (χ0n) is 11.7. The largest absolute Gasteiger partial charge is 0.494 e. The Morgan fingerprint density at radius 3 is 2.06 bits per heavy atom. The van der Waals surface area contributed by atoms with Crippen molar-refractivity contribution in [2.45, 2.75) is 58.7 Å². The number of rotatable bonds is 5. The topological polar surface area (TPSA) is 18.5 Å². The van der Waals surface area contributed by atoms with Crippen LogP contribution in [-0.4, -0.2) is 19.3 Å². The minimum absolute atomic E-state index is 0.167. The molecule has 0 aromatic heterocycles. The van der Waals surface area contributed by atoms with Crippen LogP contribution in [0.25, 0.3) is 0 Å². The number of hydrogen-bond donors (Lipinski definition) is 0. The predicted octanol–water partition coefficient (Wildman–Crippen LogP) is 3.07. The van der Waals surface area contributed by atoms with E-state index in [0.29, 0.717) is 0 Å². The van der Waals surface area contributed by atoms with Gasteiger partial charge in [-0.1, -0.05) is 56.5 Å². The van der Waals surface area contributed by atoms with Crippen LogP contribution < -0.4 is 5.46 Å². The minimum Gasteiger partial charge on any atom is -0.402 e. The molecule has 2 rings (SSSR count). The monoisotopic (exact) mass is 246 g/mol. The Bertz CT molecular complexity index is 367. The molecule has 0 amide bonds. The van der Waals surface area contributed by atoms with Crippen LogP contribution >= 0.6 is 0 Å². The van der Waals surface area contributed by atoms with Gasteiger partial charge in [0, 0.05) is 0 Å². The average molecular weight is 246 g/mol. The van der Waals surface area contributed by atoms with E-state index in [9.17, 15) is 0 Å². The summed E-state index contributed by atoms with van der Waals surface area (Å²) in [4.78, 5) is 0. The van der Waals surface area contributed by atoms with Crippen LogP contribution in [0.1, 0.15) is 45.1 Å². The molecule has 0 unspecified atom stereocenters.